The minimum Gasteiger partial charge on any atom is -0.335 e. The smallest absolute Gasteiger partial charge is 0.335 e. The van der Waals surface area contributed by atoms with Gasteiger partial charge in [0, 0.05) is 6.04 Å². The van der Waals surface area contributed by atoms with Crippen molar-refractivity contribution in [1.29, 1.82) is 0 Å². The second-order valence-corrected chi connectivity index (χ2v) is 3.92. The number of rotatable bonds is 3. The van der Waals surface area contributed by atoms with E-state index in [0.717, 1.165) is 19.3 Å². The molecule has 6 heteroatoms. The summed E-state index contributed by atoms with van der Waals surface area (Å²) in [6.45, 7) is 0.535. The van der Waals surface area contributed by atoms with Crippen LogP contribution in [0.15, 0.2) is 0 Å². The van der Waals surface area contributed by atoms with Gasteiger partial charge in [0.05, 0.1) is 0 Å². The van der Waals surface area contributed by atoms with Gasteiger partial charge in [-0.15, -0.1) is 0 Å². The minimum atomic E-state index is -4.35. The van der Waals surface area contributed by atoms with Crippen LogP contribution in [0.25, 0.3) is 0 Å². The van der Waals surface area contributed by atoms with Crippen LogP contribution in [0.3, 0.4) is 0 Å². The van der Waals surface area contributed by atoms with E-state index in [-0.39, 0.29) is 6.04 Å². The molecule has 15 heavy (non-hydrogen) atoms. The van der Waals surface area contributed by atoms with Crippen LogP contribution >= 0.6 is 0 Å². The van der Waals surface area contributed by atoms with Gasteiger partial charge in [0.2, 0.25) is 0 Å². The van der Waals surface area contributed by atoms with Gasteiger partial charge < -0.3 is 10.6 Å². The summed E-state index contributed by atoms with van der Waals surface area (Å²) in [4.78, 5) is 11.0. The summed E-state index contributed by atoms with van der Waals surface area (Å²) in [6.07, 6.45) is -1.13. The third-order valence-electron chi connectivity index (χ3n) is 2.67. The van der Waals surface area contributed by atoms with Crippen molar-refractivity contribution in [3.63, 3.8) is 0 Å². The fraction of sp³-hybridized carbons (Fsp3) is 0.889. The van der Waals surface area contributed by atoms with E-state index >= 15 is 0 Å². The van der Waals surface area contributed by atoms with E-state index in [1.165, 1.54) is 0 Å². The zero-order valence-electron chi connectivity index (χ0n) is 8.53. The Bertz CT molecular complexity index is 226. The first kappa shape index (κ1) is 12.1. The van der Waals surface area contributed by atoms with Gasteiger partial charge in [0.15, 0.2) is 0 Å². The molecule has 2 N–H and O–H groups in total. The van der Waals surface area contributed by atoms with Crippen molar-refractivity contribution in [2.75, 3.05) is 6.54 Å². The highest BCUT2D eigenvalue weighted by Gasteiger charge is 2.29. The quantitative estimate of drug-likeness (QED) is 0.756. The van der Waals surface area contributed by atoms with Crippen LogP contribution in [0.1, 0.15) is 26.2 Å². The van der Waals surface area contributed by atoms with Crippen LogP contribution in [0.2, 0.25) is 0 Å². The number of amides is 2. The molecule has 1 aliphatic carbocycles. The zero-order valence-corrected chi connectivity index (χ0v) is 8.53. The maximum Gasteiger partial charge on any atom is 0.405 e. The summed E-state index contributed by atoms with van der Waals surface area (Å²) in [5, 5.41) is 4.29. The Labute approximate surface area is 86.4 Å². The van der Waals surface area contributed by atoms with Crippen LogP contribution in [-0.4, -0.2) is 24.8 Å². The van der Waals surface area contributed by atoms with Gasteiger partial charge in [0.25, 0.3) is 0 Å². The van der Waals surface area contributed by atoms with Crippen LogP contribution in [-0.2, 0) is 0 Å². The molecule has 1 aliphatic rings. The lowest BCUT2D eigenvalue weighted by Gasteiger charge is -2.31. The predicted molar refractivity (Wildman–Crippen MR) is 49.4 cm³/mol. The molecule has 1 saturated carbocycles. The number of hydrogen-bond donors (Lipinski definition) is 2. The maximum atomic E-state index is 11.7. The molecule has 1 fully saturated rings. The molecule has 0 aromatic heterocycles. The molecule has 0 heterocycles. The number of halogens is 3. The number of carbonyl (C=O) groups is 1. The van der Waals surface area contributed by atoms with Gasteiger partial charge in [-0.2, -0.15) is 13.2 Å². The van der Waals surface area contributed by atoms with E-state index in [2.05, 4.69) is 5.32 Å². The molecule has 0 radical (unpaired) electrons. The minimum absolute atomic E-state index is 0.0491. The van der Waals surface area contributed by atoms with Crippen molar-refractivity contribution in [3.05, 3.63) is 0 Å². The van der Waals surface area contributed by atoms with Crippen molar-refractivity contribution in [2.45, 2.75) is 38.4 Å². The standard InChI is InChI=1S/C9H15F3N2O/c1-6(7-3-2-4-7)14-8(15)13-5-9(10,11)12/h6-7H,2-5H2,1H3,(H2,13,14,15). The lowest BCUT2D eigenvalue weighted by molar-refractivity contribution is -0.122. The van der Waals surface area contributed by atoms with Gasteiger partial charge in [-0.1, -0.05) is 6.42 Å². The van der Waals surface area contributed by atoms with Gasteiger partial charge in [-0.25, -0.2) is 4.79 Å². The molecule has 0 aromatic carbocycles. The van der Waals surface area contributed by atoms with E-state index in [9.17, 15) is 18.0 Å². The fourth-order valence-electron chi connectivity index (χ4n) is 1.50. The molecule has 3 nitrogen and oxygen atoms in total. The van der Waals surface area contributed by atoms with Crippen LogP contribution in [0, 0.1) is 5.92 Å². The molecule has 2 amide bonds. The molecule has 1 atom stereocenters. The molecule has 0 aliphatic heterocycles. The highest BCUT2D eigenvalue weighted by molar-refractivity contribution is 5.74. The van der Waals surface area contributed by atoms with Crippen molar-refractivity contribution in [1.82, 2.24) is 10.6 Å². The number of urea groups is 1. The SMILES string of the molecule is CC(NC(=O)NCC(F)(F)F)C1CCC1. The van der Waals surface area contributed by atoms with Crippen LogP contribution < -0.4 is 10.6 Å². The largest absolute Gasteiger partial charge is 0.405 e. The highest BCUT2D eigenvalue weighted by Crippen LogP contribution is 2.29. The molecular formula is C9H15F3N2O. The van der Waals surface area contributed by atoms with E-state index in [0.29, 0.717) is 5.92 Å². The van der Waals surface area contributed by atoms with Crippen molar-refractivity contribution < 1.29 is 18.0 Å². The molecule has 0 saturated heterocycles. The molecule has 1 rings (SSSR count). The van der Waals surface area contributed by atoms with Crippen molar-refractivity contribution in [2.24, 2.45) is 5.92 Å². The second-order valence-electron chi connectivity index (χ2n) is 3.92. The van der Waals surface area contributed by atoms with E-state index in [1.54, 1.807) is 5.32 Å². The van der Waals surface area contributed by atoms with E-state index in [1.807, 2.05) is 6.92 Å². The van der Waals surface area contributed by atoms with E-state index < -0.39 is 18.8 Å². The summed E-state index contributed by atoms with van der Waals surface area (Å²) in [7, 11) is 0. The van der Waals surface area contributed by atoms with Crippen molar-refractivity contribution >= 4 is 6.03 Å². The Morgan fingerprint density at radius 1 is 1.47 bits per heavy atom. The molecule has 0 bridgehead atoms. The zero-order chi connectivity index (χ0) is 11.5. The molecule has 0 aromatic rings. The molecule has 0 spiro atoms. The average Bonchev–Trinajstić information content (AvgIpc) is 1.95. The van der Waals surface area contributed by atoms with Gasteiger partial charge >= 0.3 is 12.2 Å². The maximum absolute atomic E-state index is 11.7. The second kappa shape index (κ2) is 4.72. The topological polar surface area (TPSA) is 41.1 Å². The summed E-state index contributed by atoms with van der Waals surface area (Å²) in [5.74, 6) is 0.418. The van der Waals surface area contributed by atoms with Crippen LogP contribution in [0.5, 0.6) is 0 Å². The highest BCUT2D eigenvalue weighted by atomic mass is 19.4. The lowest BCUT2D eigenvalue weighted by atomic mass is 9.80. The number of alkyl halides is 3. The molecular weight excluding hydrogens is 209 g/mol. The Balaban J connectivity index is 2.17. The molecule has 88 valence electrons. The first-order chi connectivity index (χ1) is 6.88. The fourth-order valence-corrected chi connectivity index (χ4v) is 1.50. The predicted octanol–water partition coefficient (Wildman–Crippen LogP) is 2.04. The third-order valence-corrected chi connectivity index (χ3v) is 2.67. The summed E-state index contributed by atoms with van der Waals surface area (Å²) in [5.41, 5.74) is 0. The normalized spacial score (nSPS) is 19.2. The Morgan fingerprint density at radius 3 is 2.47 bits per heavy atom. The average molecular weight is 224 g/mol. The Kier molecular flexibility index (Phi) is 3.82. The Morgan fingerprint density at radius 2 is 2.07 bits per heavy atom. The Hall–Kier alpha value is -0.940. The van der Waals surface area contributed by atoms with Gasteiger partial charge in [-0.05, 0) is 25.7 Å². The summed E-state index contributed by atoms with van der Waals surface area (Å²) < 4.78 is 35.2. The van der Waals surface area contributed by atoms with Gasteiger partial charge in [-0.3, -0.25) is 0 Å². The summed E-state index contributed by atoms with van der Waals surface area (Å²) in [6, 6.07) is -0.793. The van der Waals surface area contributed by atoms with Crippen LogP contribution in [0.4, 0.5) is 18.0 Å². The molecule has 1 unspecified atom stereocenters. The third kappa shape index (κ3) is 4.40. The number of carbonyl (C=O) groups excluding carboxylic acids is 1. The van der Waals surface area contributed by atoms with E-state index in [4.69, 9.17) is 0 Å². The van der Waals surface area contributed by atoms with Gasteiger partial charge in [0.1, 0.15) is 6.54 Å². The number of hydrogen-bond acceptors (Lipinski definition) is 1. The monoisotopic (exact) mass is 224 g/mol. The van der Waals surface area contributed by atoms with Crippen molar-refractivity contribution in [3.8, 4) is 0 Å². The number of nitrogens with one attached hydrogen (secondary N) is 2. The summed E-state index contributed by atoms with van der Waals surface area (Å²) >= 11 is 0. The lowest BCUT2D eigenvalue weighted by Crippen LogP contribution is -2.47. The first-order valence-corrected chi connectivity index (χ1v) is 4.99. The first-order valence-electron chi connectivity index (χ1n) is 4.99.